The monoisotopic (exact) mass is 373 g/mol. The zero-order valence-corrected chi connectivity index (χ0v) is 15.5. The molecule has 1 atom stereocenters. The molecule has 1 aromatic carbocycles. The van der Waals surface area contributed by atoms with Crippen LogP contribution in [0.4, 0.5) is 5.69 Å². The van der Waals surface area contributed by atoms with Gasteiger partial charge in [0.2, 0.25) is 0 Å². The lowest BCUT2D eigenvalue weighted by molar-refractivity contribution is 0.0931. The maximum atomic E-state index is 12.7. The lowest BCUT2D eigenvalue weighted by atomic mass is 9.87. The van der Waals surface area contributed by atoms with Crippen molar-refractivity contribution in [2.75, 3.05) is 5.73 Å². The Morgan fingerprint density at radius 2 is 1.85 bits per heavy atom. The van der Waals surface area contributed by atoms with E-state index in [0.717, 1.165) is 67.5 Å². The smallest absolute Gasteiger partial charge is 0.261 e. The molecule has 0 aliphatic heterocycles. The summed E-state index contributed by atoms with van der Waals surface area (Å²) in [6, 6.07) is 7.57. The molecule has 1 amide bonds. The zero-order chi connectivity index (χ0) is 17.4. The number of aromatic amines is 1. The van der Waals surface area contributed by atoms with Crippen molar-refractivity contribution in [2.24, 2.45) is 0 Å². The van der Waals surface area contributed by atoms with Gasteiger partial charge in [-0.15, -0.1) is 12.4 Å². The minimum absolute atomic E-state index is 0. The van der Waals surface area contributed by atoms with Gasteiger partial charge in [-0.25, -0.2) is 0 Å². The van der Waals surface area contributed by atoms with Crippen molar-refractivity contribution in [2.45, 2.75) is 51.0 Å². The minimum atomic E-state index is -0.288. The highest BCUT2D eigenvalue weighted by Crippen LogP contribution is 2.31. The molecular weight excluding hydrogens is 350 g/mol. The van der Waals surface area contributed by atoms with Crippen LogP contribution in [0.15, 0.2) is 29.1 Å². The molecule has 0 bridgehead atoms. The number of aromatic nitrogens is 1. The van der Waals surface area contributed by atoms with E-state index in [9.17, 15) is 9.59 Å². The van der Waals surface area contributed by atoms with Gasteiger partial charge in [0.05, 0.1) is 6.04 Å². The average molecular weight is 374 g/mol. The maximum Gasteiger partial charge on any atom is 0.261 e. The molecule has 4 rings (SSSR count). The molecule has 4 N–H and O–H groups in total. The van der Waals surface area contributed by atoms with E-state index in [-0.39, 0.29) is 35.5 Å². The third kappa shape index (κ3) is 3.49. The Morgan fingerprint density at radius 1 is 1.08 bits per heavy atom. The van der Waals surface area contributed by atoms with Gasteiger partial charge in [0.1, 0.15) is 5.56 Å². The summed E-state index contributed by atoms with van der Waals surface area (Å²) in [5, 5.41) is 3.06. The van der Waals surface area contributed by atoms with E-state index in [1.54, 1.807) is 6.07 Å². The number of nitrogen functional groups attached to an aromatic ring is 1. The van der Waals surface area contributed by atoms with Crippen molar-refractivity contribution in [3.05, 3.63) is 62.6 Å². The number of H-pyrrole nitrogens is 1. The number of nitrogens with two attached hydrogens (primary N) is 1. The predicted octanol–water partition coefficient (Wildman–Crippen LogP) is 3.07. The Kier molecular flexibility index (Phi) is 5.37. The number of carbonyl (C=O) groups is 1. The van der Waals surface area contributed by atoms with E-state index < -0.39 is 0 Å². The molecule has 138 valence electrons. The van der Waals surface area contributed by atoms with E-state index in [4.69, 9.17) is 5.73 Å². The largest absolute Gasteiger partial charge is 0.399 e. The molecule has 0 spiro atoms. The van der Waals surface area contributed by atoms with Gasteiger partial charge < -0.3 is 16.0 Å². The van der Waals surface area contributed by atoms with Crippen LogP contribution in [-0.2, 0) is 19.3 Å². The van der Waals surface area contributed by atoms with Gasteiger partial charge >= 0.3 is 0 Å². The van der Waals surface area contributed by atoms with Crippen molar-refractivity contribution >= 4 is 24.0 Å². The van der Waals surface area contributed by atoms with E-state index >= 15 is 0 Å². The molecular formula is C20H24ClN3O2. The fourth-order valence-electron chi connectivity index (χ4n) is 4.06. The van der Waals surface area contributed by atoms with E-state index in [1.165, 1.54) is 5.56 Å². The average Bonchev–Trinajstić information content (AvgIpc) is 2.61. The predicted molar refractivity (Wildman–Crippen MR) is 105 cm³/mol. The highest BCUT2D eigenvalue weighted by Gasteiger charge is 2.24. The lowest BCUT2D eigenvalue weighted by Gasteiger charge is -2.27. The fourth-order valence-corrected chi connectivity index (χ4v) is 4.06. The van der Waals surface area contributed by atoms with Crippen LogP contribution in [0.3, 0.4) is 0 Å². The van der Waals surface area contributed by atoms with Crippen LogP contribution in [-0.4, -0.2) is 10.9 Å². The maximum absolute atomic E-state index is 12.7. The molecule has 2 aromatic rings. The second-order valence-electron chi connectivity index (χ2n) is 7.10. The van der Waals surface area contributed by atoms with Gasteiger partial charge in [-0.2, -0.15) is 0 Å². The van der Waals surface area contributed by atoms with Crippen LogP contribution < -0.4 is 16.6 Å². The Labute approximate surface area is 158 Å². The van der Waals surface area contributed by atoms with Crippen molar-refractivity contribution in [3.8, 4) is 0 Å². The number of amides is 1. The van der Waals surface area contributed by atoms with E-state index in [2.05, 4.69) is 10.3 Å². The summed E-state index contributed by atoms with van der Waals surface area (Å²) in [4.78, 5) is 28.0. The zero-order valence-electron chi connectivity index (χ0n) is 14.6. The van der Waals surface area contributed by atoms with Gasteiger partial charge in [0.15, 0.2) is 0 Å². The van der Waals surface area contributed by atoms with Gasteiger partial charge in [-0.05, 0) is 79.8 Å². The summed E-state index contributed by atoms with van der Waals surface area (Å²) in [6.45, 7) is 0. The standard InChI is InChI=1S/C20H23N3O2.ClH/c21-14-8-9-15-12(10-14)5-3-7-18(15)23-20(25)16-11-13-4-1-2-6-17(13)22-19(16)24;/h8-11,18H,1-7,21H2,(H,22,24)(H,23,25);1H. The molecule has 6 heteroatoms. The van der Waals surface area contributed by atoms with Crippen molar-refractivity contribution in [1.82, 2.24) is 10.3 Å². The summed E-state index contributed by atoms with van der Waals surface area (Å²) >= 11 is 0. The van der Waals surface area contributed by atoms with Crippen LogP contribution in [0.2, 0.25) is 0 Å². The molecule has 0 saturated carbocycles. The van der Waals surface area contributed by atoms with E-state index in [0.29, 0.717) is 0 Å². The first-order valence-electron chi connectivity index (χ1n) is 9.06. The molecule has 26 heavy (non-hydrogen) atoms. The Balaban J connectivity index is 0.00000196. The van der Waals surface area contributed by atoms with Crippen molar-refractivity contribution in [1.29, 1.82) is 0 Å². The van der Waals surface area contributed by atoms with Gasteiger partial charge in [0, 0.05) is 11.4 Å². The summed E-state index contributed by atoms with van der Waals surface area (Å²) < 4.78 is 0. The topological polar surface area (TPSA) is 88.0 Å². The normalized spacial score (nSPS) is 18.2. The Morgan fingerprint density at radius 3 is 2.69 bits per heavy atom. The number of benzene rings is 1. The van der Waals surface area contributed by atoms with Crippen LogP contribution in [0.25, 0.3) is 0 Å². The van der Waals surface area contributed by atoms with Crippen LogP contribution in [0.1, 0.15) is 64.5 Å². The summed E-state index contributed by atoms with van der Waals surface area (Å²) in [5.41, 5.74) is 11.0. The number of halogens is 1. The number of hydrogen-bond donors (Lipinski definition) is 3. The summed E-state index contributed by atoms with van der Waals surface area (Å²) in [7, 11) is 0. The first-order valence-corrected chi connectivity index (χ1v) is 9.06. The molecule has 0 radical (unpaired) electrons. The molecule has 5 nitrogen and oxygen atoms in total. The third-order valence-electron chi connectivity index (χ3n) is 5.37. The van der Waals surface area contributed by atoms with Gasteiger partial charge in [-0.3, -0.25) is 9.59 Å². The summed E-state index contributed by atoms with van der Waals surface area (Å²) in [5.74, 6) is -0.288. The second kappa shape index (κ2) is 7.54. The number of fused-ring (bicyclic) bond motifs is 2. The number of carbonyl (C=O) groups excluding carboxylic acids is 1. The Hall–Kier alpha value is -2.27. The second-order valence-corrected chi connectivity index (χ2v) is 7.10. The number of rotatable bonds is 2. The van der Waals surface area contributed by atoms with Crippen LogP contribution in [0, 0.1) is 0 Å². The highest BCUT2D eigenvalue weighted by atomic mass is 35.5. The quantitative estimate of drug-likeness (QED) is 0.707. The number of anilines is 1. The fraction of sp³-hybridized carbons (Fsp3) is 0.400. The molecule has 1 aromatic heterocycles. The lowest BCUT2D eigenvalue weighted by Crippen LogP contribution is -2.35. The third-order valence-corrected chi connectivity index (χ3v) is 5.37. The van der Waals surface area contributed by atoms with Gasteiger partial charge in [0.25, 0.3) is 11.5 Å². The van der Waals surface area contributed by atoms with Crippen molar-refractivity contribution in [3.63, 3.8) is 0 Å². The Bertz CT molecular complexity index is 891. The molecule has 1 heterocycles. The first-order chi connectivity index (χ1) is 12.1. The van der Waals surface area contributed by atoms with Crippen LogP contribution >= 0.6 is 12.4 Å². The summed E-state index contributed by atoms with van der Waals surface area (Å²) in [6.07, 6.45) is 6.88. The number of aryl methyl sites for hydroxylation is 3. The molecule has 0 saturated heterocycles. The van der Waals surface area contributed by atoms with E-state index in [1.807, 2.05) is 18.2 Å². The molecule has 0 fully saturated rings. The number of nitrogens with one attached hydrogen (secondary N) is 2. The molecule has 2 aliphatic carbocycles. The molecule has 2 aliphatic rings. The number of hydrogen-bond acceptors (Lipinski definition) is 3. The van der Waals surface area contributed by atoms with Crippen LogP contribution in [0.5, 0.6) is 0 Å². The SMILES string of the molecule is Cl.Nc1ccc2c(c1)CCCC2NC(=O)c1cc2c([nH]c1=O)CCCC2. The minimum Gasteiger partial charge on any atom is -0.399 e. The van der Waals surface area contributed by atoms with Crippen molar-refractivity contribution < 1.29 is 4.79 Å². The molecule has 1 unspecified atom stereocenters. The highest BCUT2D eigenvalue weighted by molar-refractivity contribution is 5.94. The first kappa shape index (κ1) is 18.5. The number of pyridine rings is 1. The van der Waals surface area contributed by atoms with Gasteiger partial charge in [-0.1, -0.05) is 6.07 Å².